The topological polar surface area (TPSA) is 88.2 Å². The summed E-state index contributed by atoms with van der Waals surface area (Å²) in [7, 11) is 0. The van der Waals surface area contributed by atoms with Gasteiger partial charge in [-0.25, -0.2) is 0 Å². The smallest absolute Gasteiger partial charge is 0.273 e. The zero-order valence-corrected chi connectivity index (χ0v) is 12.2. The van der Waals surface area contributed by atoms with Crippen LogP contribution in [0.1, 0.15) is 22.2 Å². The van der Waals surface area contributed by atoms with Gasteiger partial charge in [-0.2, -0.15) is 0 Å². The molecule has 2 aromatic heterocycles. The van der Waals surface area contributed by atoms with Crippen molar-refractivity contribution in [3.63, 3.8) is 0 Å². The van der Waals surface area contributed by atoms with Crippen LogP contribution >= 0.6 is 0 Å². The van der Waals surface area contributed by atoms with Gasteiger partial charge in [-0.1, -0.05) is 35.5 Å². The number of aliphatic hydroxyl groups is 1. The first-order valence-electron chi connectivity index (χ1n) is 7.12. The van der Waals surface area contributed by atoms with Crippen molar-refractivity contribution in [3.05, 3.63) is 72.2 Å². The Labute approximate surface area is 132 Å². The Bertz CT molecular complexity index is 772. The molecule has 3 aromatic rings. The van der Waals surface area contributed by atoms with E-state index < -0.39 is 12.0 Å². The third kappa shape index (κ3) is 3.61. The van der Waals surface area contributed by atoms with E-state index in [2.05, 4.69) is 15.5 Å². The SMILES string of the molecule is O=C(NCC(O)c1ccncc1)c1cc(-c2ccccc2)on1. The van der Waals surface area contributed by atoms with Crippen molar-refractivity contribution < 1.29 is 14.4 Å². The molecule has 3 rings (SSSR count). The van der Waals surface area contributed by atoms with Gasteiger partial charge in [0.1, 0.15) is 0 Å². The molecule has 0 saturated carbocycles. The number of aromatic nitrogens is 2. The van der Waals surface area contributed by atoms with E-state index in [9.17, 15) is 9.90 Å². The summed E-state index contributed by atoms with van der Waals surface area (Å²) in [6, 6.07) is 14.4. The summed E-state index contributed by atoms with van der Waals surface area (Å²) in [6.07, 6.45) is 2.37. The fourth-order valence-corrected chi connectivity index (χ4v) is 2.10. The van der Waals surface area contributed by atoms with Crippen LogP contribution in [0.3, 0.4) is 0 Å². The molecule has 0 aliphatic heterocycles. The first-order chi connectivity index (χ1) is 11.2. The standard InChI is InChI=1S/C17H15N3O3/c21-15(12-6-8-18-9-7-12)11-19-17(22)14-10-16(23-20-14)13-4-2-1-3-5-13/h1-10,15,21H,11H2,(H,19,22). The van der Waals surface area contributed by atoms with Crippen molar-refractivity contribution in [2.75, 3.05) is 6.54 Å². The molecule has 1 unspecified atom stereocenters. The Hall–Kier alpha value is -2.99. The highest BCUT2D eigenvalue weighted by atomic mass is 16.5. The van der Waals surface area contributed by atoms with Crippen LogP contribution in [-0.4, -0.2) is 27.7 Å². The van der Waals surface area contributed by atoms with Crippen molar-refractivity contribution >= 4 is 5.91 Å². The van der Waals surface area contributed by atoms with E-state index >= 15 is 0 Å². The summed E-state index contributed by atoms with van der Waals surface area (Å²) in [6.45, 7) is 0.0797. The van der Waals surface area contributed by atoms with E-state index in [1.54, 1.807) is 30.6 Å². The average molecular weight is 309 g/mol. The Balaban J connectivity index is 1.62. The molecule has 0 spiro atoms. The van der Waals surface area contributed by atoms with Gasteiger partial charge in [0, 0.05) is 30.6 Å². The summed E-state index contributed by atoms with van der Waals surface area (Å²) in [5, 5.41) is 16.4. The van der Waals surface area contributed by atoms with E-state index in [1.807, 2.05) is 30.3 Å². The van der Waals surface area contributed by atoms with Crippen molar-refractivity contribution in [1.29, 1.82) is 0 Å². The summed E-state index contributed by atoms with van der Waals surface area (Å²) in [5.41, 5.74) is 1.70. The van der Waals surface area contributed by atoms with E-state index in [0.717, 1.165) is 5.56 Å². The molecule has 0 bridgehead atoms. The highest BCUT2D eigenvalue weighted by Crippen LogP contribution is 2.19. The number of hydrogen-bond acceptors (Lipinski definition) is 5. The Morgan fingerprint density at radius 3 is 2.65 bits per heavy atom. The quantitative estimate of drug-likeness (QED) is 0.754. The molecule has 2 heterocycles. The lowest BCUT2D eigenvalue weighted by molar-refractivity contribution is 0.0907. The molecule has 1 amide bonds. The van der Waals surface area contributed by atoms with Crippen molar-refractivity contribution in [2.24, 2.45) is 0 Å². The van der Waals surface area contributed by atoms with Crippen molar-refractivity contribution in [1.82, 2.24) is 15.5 Å². The molecule has 0 radical (unpaired) electrons. The zero-order chi connectivity index (χ0) is 16.1. The van der Waals surface area contributed by atoms with Crippen molar-refractivity contribution in [3.8, 4) is 11.3 Å². The van der Waals surface area contributed by atoms with Gasteiger partial charge >= 0.3 is 0 Å². The Kier molecular flexibility index (Phi) is 4.44. The lowest BCUT2D eigenvalue weighted by Crippen LogP contribution is -2.28. The third-order valence-corrected chi connectivity index (χ3v) is 3.35. The number of aliphatic hydroxyl groups excluding tert-OH is 1. The van der Waals surface area contributed by atoms with Crippen LogP contribution in [0, 0.1) is 0 Å². The van der Waals surface area contributed by atoms with E-state index in [-0.39, 0.29) is 12.2 Å². The van der Waals surface area contributed by atoms with Crippen LogP contribution in [0.15, 0.2) is 65.4 Å². The number of pyridine rings is 1. The molecule has 6 heteroatoms. The molecule has 1 atom stereocenters. The monoisotopic (exact) mass is 309 g/mol. The molecular weight excluding hydrogens is 294 g/mol. The minimum atomic E-state index is -0.803. The van der Waals surface area contributed by atoms with Crippen LogP contribution in [0.4, 0.5) is 0 Å². The second kappa shape index (κ2) is 6.85. The normalized spacial score (nSPS) is 11.9. The lowest BCUT2D eigenvalue weighted by Gasteiger charge is -2.10. The number of carbonyl (C=O) groups is 1. The number of amides is 1. The average Bonchev–Trinajstić information content (AvgIpc) is 3.11. The molecule has 0 fully saturated rings. The molecule has 0 aliphatic carbocycles. The number of nitrogens with one attached hydrogen (secondary N) is 1. The molecule has 116 valence electrons. The van der Waals surface area contributed by atoms with Crippen LogP contribution < -0.4 is 5.32 Å². The highest BCUT2D eigenvalue weighted by molar-refractivity contribution is 5.93. The maximum atomic E-state index is 12.1. The van der Waals surface area contributed by atoms with Gasteiger partial charge in [-0.05, 0) is 17.7 Å². The number of carbonyl (C=O) groups excluding carboxylic acids is 1. The summed E-state index contributed by atoms with van der Waals surface area (Å²) < 4.78 is 5.18. The van der Waals surface area contributed by atoms with E-state index in [0.29, 0.717) is 11.3 Å². The summed E-state index contributed by atoms with van der Waals surface area (Å²) in [5.74, 6) is 0.120. The fourth-order valence-electron chi connectivity index (χ4n) is 2.10. The highest BCUT2D eigenvalue weighted by Gasteiger charge is 2.15. The van der Waals surface area contributed by atoms with Gasteiger partial charge in [0.05, 0.1) is 6.10 Å². The molecule has 2 N–H and O–H groups in total. The largest absolute Gasteiger partial charge is 0.387 e. The van der Waals surface area contributed by atoms with E-state index in [4.69, 9.17) is 4.52 Å². The Morgan fingerprint density at radius 1 is 1.17 bits per heavy atom. The summed E-state index contributed by atoms with van der Waals surface area (Å²) >= 11 is 0. The molecule has 0 aliphatic rings. The number of rotatable bonds is 5. The fraction of sp³-hybridized carbons (Fsp3) is 0.118. The first kappa shape index (κ1) is 14.9. The minimum Gasteiger partial charge on any atom is -0.387 e. The third-order valence-electron chi connectivity index (χ3n) is 3.35. The molecule has 23 heavy (non-hydrogen) atoms. The summed E-state index contributed by atoms with van der Waals surface area (Å²) in [4.78, 5) is 15.9. The number of hydrogen-bond donors (Lipinski definition) is 2. The van der Waals surface area contributed by atoms with Gasteiger partial charge in [-0.3, -0.25) is 9.78 Å². The molecule has 6 nitrogen and oxygen atoms in total. The second-order valence-corrected chi connectivity index (χ2v) is 4.95. The predicted octanol–water partition coefficient (Wildman–Crippen LogP) is 2.20. The molecule has 0 saturated heterocycles. The Morgan fingerprint density at radius 2 is 1.91 bits per heavy atom. The van der Waals surface area contributed by atoms with Crippen LogP contribution in [0.25, 0.3) is 11.3 Å². The molecule has 1 aromatic carbocycles. The van der Waals surface area contributed by atoms with Crippen LogP contribution in [0.5, 0.6) is 0 Å². The lowest BCUT2D eigenvalue weighted by atomic mass is 10.1. The first-order valence-corrected chi connectivity index (χ1v) is 7.12. The van der Waals surface area contributed by atoms with Gasteiger partial charge in [0.15, 0.2) is 11.5 Å². The zero-order valence-electron chi connectivity index (χ0n) is 12.2. The van der Waals surface area contributed by atoms with Gasteiger partial charge < -0.3 is 14.9 Å². The number of benzene rings is 1. The van der Waals surface area contributed by atoms with Gasteiger partial charge in [-0.15, -0.1) is 0 Å². The maximum Gasteiger partial charge on any atom is 0.273 e. The minimum absolute atomic E-state index is 0.0797. The van der Waals surface area contributed by atoms with Crippen LogP contribution in [-0.2, 0) is 0 Å². The van der Waals surface area contributed by atoms with E-state index in [1.165, 1.54) is 0 Å². The maximum absolute atomic E-state index is 12.1. The van der Waals surface area contributed by atoms with Crippen molar-refractivity contribution in [2.45, 2.75) is 6.10 Å². The number of nitrogens with zero attached hydrogens (tertiary/aromatic N) is 2. The molecular formula is C17H15N3O3. The van der Waals surface area contributed by atoms with Gasteiger partial charge in [0.2, 0.25) is 0 Å². The van der Waals surface area contributed by atoms with Gasteiger partial charge in [0.25, 0.3) is 5.91 Å². The van der Waals surface area contributed by atoms with Crippen LogP contribution in [0.2, 0.25) is 0 Å². The second-order valence-electron chi connectivity index (χ2n) is 4.95. The predicted molar refractivity (Wildman–Crippen MR) is 83.5 cm³/mol.